The third kappa shape index (κ3) is 2.39. The van der Waals surface area contributed by atoms with E-state index in [-0.39, 0.29) is 0 Å². The van der Waals surface area contributed by atoms with E-state index >= 15 is 0 Å². The molecule has 0 aliphatic heterocycles. The van der Waals surface area contributed by atoms with Crippen molar-refractivity contribution in [3.63, 3.8) is 0 Å². The third-order valence-electron chi connectivity index (χ3n) is 2.88. The van der Waals surface area contributed by atoms with Crippen molar-refractivity contribution in [3.8, 4) is 11.3 Å². The van der Waals surface area contributed by atoms with E-state index < -0.39 is 0 Å². The number of nitrogens with zero attached hydrogens (tertiary/aromatic N) is 1. The quantitative estimate of drug-likeness (QED) is 0.882. The van der Waals surface area contributed by atoms with Crippen molar-refractivity contribution in [2.24, 2.45) is 5.73 Å². The van der Waals surface area contributed by atoms with Crippen molar-refractivity contribution >= 4 is 0 Å². The molecule has 0 bridgehead atoms. The Morgan fingerprint density at radius 3 is 2.35 bits per heavy atom. The Balaban J connectivity index is 2.45. The van der Waals surface area contributed by atoms with E-state index in [1.165, 1.54) is 22.3 Å². The fraction of sp³-hybridized carbons (Fsp3) is 0.357. The average Bonchev–Trinajstić information content (AvgIpc) is 2.65. The first-order valence-corrected chi connectivity index (χ1v) is 5.85. The number of aromatic nitrogens is 1. The molecule has 0 fully saturated rings. The molecule has 1 heterocycles. The SMILES string of the molecule is Cc1cc(C)c(-c2cc(CCN)on2)c(C)c1. The number of hydrogen-bond acceptors (Lipinski definition) is 3. The topological polar surface area (TPSA) is 52.0 Å². The number of aryl methyl sites for hydroxylation is 3. The van der Waals surface area contributed by atoms with E-state index in [1.54, 1.807) is 0 Å². The average molecular weight is 230 g/mol. The molecule has 2 rings (SSSR count). The van der Waals surface area contributed by atoms with E-state index in [0.29, 0.717) is 6.54 Å². The second kappa shape index (κ2) is 4.72. The van der Waals surface area contributed by atoms with Crippen molar-refractivity contribution in [3.05, 3.63) is 40.6 Å². The first kappa shape index (κ1) is 11.9. The maximum absolute atomic E-state index is 5.50. The highest BCUT2D eigenvalue weighted by Crippen LogP contribution is 2.27. The number of hydrogen-bond donors (Lipinski definition) is 1. The molecular weight excluding hydrogens is 212 g/mol. The Labute approximate surface area is 102 Å². The molecule has 0 spiro atoms. The van der Waals surface area contributed by atoms with Crippen LogP contribution in [0.25, 0.3) is 11.3 Å². The minimum absolute atomic E-state index is 0.584. The van der Waals surface area contributed by atoms with Crippen LogP contribution in [0.1, 0.15) is 22.5 Å². The maximum Gasteiger partial charge on any atom is 0.138 e. The van der Waals surface area contributed by atoms with Crippen molar-refractivity contribution in [2.75, 3.05) is 6.54 Å². The van der Waals surface area contributed by atoms with Crippen molar-refractivity contribution in [2.45, 2.75) is 27.2 Å². The molecule has 0 radical (unpaired) electrons. The monoisotopic (exact) mass is 230 g/mol. The molecule has 0 saturated carbocycles. The van der Waals surface area contributed by atoms with Gasteiger partial charge in [-0.25, -0.2) is 0 Å². The zero-order valence-electron chi connectivity index (χ0n) is 10.6. The lowest BCUT2D eigenvalue weighted by Gasteiger charge is -2.07. The van der Waals surface area contributed by atoms with Crippen LogP contribution >= 0.6 is 0 Å². The highest BCUT2D eigenvalue weighted by molar-refractivity contribution is 5.68. The second-order valence-electron chi connectivity index (χ2n) is 4.49. The zero-order valence-corrected chi connectivity index (χ0v) is 10.6. The zero-order chi connectivity index (χ0) is 12.4. The first-order chi connectivity index (χ1) is 8.11. The molecule has 0 aliphatic carbocycles. The van der Waals surface area contributed by atoms with E-state index in [1.807, 2.05) is 6.07 Å². The molecule has 17 heavy (non-hydrogen) atoms. The minimum Gasteiger partial charge on any atom is -0.361 e. The lowest BCUT2D eigenvalue weighted by Crippen LogP contribution is -2.01. The van der Waals surface area contributed by atoms with Crippen LogP contribution in [0.3, 0.4) is 0 Å². The Morgan fingerprint density at radius 1 is 1.12 bits per heavy atom. The fourth-order valence-corrected chi connectivity index (χ4v) is 2.27. The molecule has 3 nitrogen and oxygen atoms in total. The van der Waals surface area contributed by atoms with Gasteiger partial charge in [-0.05, 0) is 38.4 Å². The summed E-state index contributed by atoms with van der Waals surface area (Å²) in [5.74, 6) is 0.849. The van der Waals surface area contributed by atoms with Gasteiger partial charge < -0.3 is 10.3 Å². The van der Waals surface area contributed by atoms with Crippen LogP contribution in [0.4, 0.5) is 0 Å². The van der Waals surface area contributed by atoms with Gasteiger partial charge in [-0.2, -0.15) is 0 Å². The van der Waals surface area contributed by atoms with Crippen molar-refractivity contribution in [1.82, 2.24) is 5.16 Å². The first-order valence-electron chi connectivity index (χ1n) is 5.85. The van der Waals surface area contributed by atoms with Gasteiger partial charge in [-0.15, -0.1) is 0 Å². The fourth-order valence-electron chi connectivity index (χ4n) is 2.27. The van der Waals surface area contributed by atoms with Gasteiger partial charge in [0.15, 0.2) is 0 Å². The molecule has 0 aliphatic rings. The van der Waals surface area contributed by atoms with E-state index in [0.717, 1.165) is 17.9 Å². The lowest BCUT2D eigenvalue weighted by atomic mass is 9.97. The summed E-state index contributed by atoms with van der Waals surface area (Å²) >= 11 is 0. The van der Waals surface area contributed by atoms with Gasteiger partial charge in [0.05, 0.1) is 0 Å². The smallest absolute Gasteiger partial charge is 0.138 e. The molecular formula is C14H18N2O. The summed E-state index contributed by atoms with van der Waals surface area (Å²) in [4.78, 5) is 0. The normalized spacial score (nSPS) is 10.8. The number of nitrogens with two attached hydrogens (primary N) is 1. The van der Waals surface area contributed by atoms with E-state index in [4.69, 9.17) is 10.3 Å². The standard InChI is InChI=1S/C14H18N2O/c1-9-6-10(2)14(11(3)7-9)13-8-12(4-5-15)17-16-13/h6-8H,4-5,15H2,1-3H3. The van der Waals surface area contributed by atoms with Crippen LogP contribution in [-0.4, -0.2) is 11.7 Å². The summed E-state index contributed by atoms with van der Waals surface area (Å²) in [7, 11) is 0. The van der Waals surface area contributed by atoms with Crippen LogP contribution in [0.2, 0.25) is 0 Å². The highest BCUT2D eigenvalue weighted by Gasteiger charge is 2.11. The molecule has 2 N–H and O–H groups in total. The van der Waals surface area contributed by atoms with Crippen LogP contribution in [0.15, 0.2) is 22.7 Å². The minimum atomic E-state index is 0.584. The van der Waals surface area contributed by atoms with E-state index in [2.05, 4.69) is 38.1 Å². The molecule has 0 saturated heterocycles. The van der Waals surface area contributed by atoms with Gasteiger partial charge in [0, 0.05) is 18.1 Å². The van der Waals surface area contributed by atoms with Gasteiger partial charge in [-0.3, -0.25) is 0 Å². The summed E-state index contributed by atoms with van der Waals surface area (Å²) in [6.45, 7) is 6.90. The van der Waals surface area contributed by atoms with Gasteiger partial charge in [0.2, 0.25) is 0 Å². The Bertz CT molecular complexity index is 506. The molecule has 0 unspecified atom stereocenters. The largest absolute Gasteiger partial charge is 0.361 e. The molecule has 0 amide bonds. The van der Waals surface area contributed by atoms with E-state index in [9.17, 15) is 0 Å². The lowest BCUT2D eigenvalue weighted by molar-refractivity contribution is 0.386. The highest BCUT2D eigenvalue weighted by atomic mass is 16.5. The summed E-state index contributed by atoms with van der Waals surface area (Å²) in [5, 5.41) is 4.13. The Morgan fingerprint density at radius 2 is 1.76 bits per heavy atom. The summed E-state index contributed by atoms with van der Waals surface area (Å²) in [5.41, 5.74) is 11.3. The maximum atomic E-state index is 5.50. The molecule has 0 atom stereocenters. The van der Waals surface area contributed by atoms with Crippen LogP contribution in [0.5, 0.6) is 0 Å². The Hall–Kier alpha value is -1.61. The van der Waals surface area contributed by atoms with Gasteiger partial charge >= 0.3 is 0 Å². The van der Waals surface area contributed by atoms with Crippen molar-refractivity contribution in [1.29, 1.82) is 0 Å². The van der Waals surface area contributed by atoms with Crippen molar-refractivity contribution < 1.29 is 4.52 Å². The van der Waals surface area contributed by atoms with Gasteiger partial charge in [0.25, 0.3) is 0 Å². The van der Waals surface area contributed by atoms with Crippen LogP contribution in [0, 0.1) is 20.8 Å². The second-order valence-corrected chi connectivity index (χ2v) is 4.49. The molecule has 2 aromatic rings. The Kier molecular flexibility index (Phi) is 3.29. The predicted octanol–water partition coefficient (Wildman–Crippen LogP) is 2.77. The van der Waals surface area contributed by atoms with Crippen LogP contribution in [-0.2, 0) is 6.42 Å². The summed E-state index contributed by atoms with van der Waals surface area (Å²) in [6, 6.07) is 6.32. The molecule has 1 aromatic carbocycles. The summed E-state index contributed by atoms with van der Waals surface area (Å²) < 4.78 is 5.27. The van der Waals surface area contributed by atoms with Gasteiger partial charge in [0.1, 0.15) is 11.5 Å². The number of benzene rings is 1. The summed E-state index contributed by atoms with van der Waals surface area (Å²) in [6.07, 6.45) is 0.733. The third-order valence-corrected chi connectivity index (χ3v) is 2.88. The van der Waals surface area contributed by atoms with Crippen LogP contribution < -0.4 is 5.73 Å². The molecule has 90 valence electrons. The van der Waals surface area contributed by atoms with Gasteiger partial charge in [-0.1, -0.05) is 22.9 Å². The predicted molar refractivity (Wildman–Crippen MR) is 68.9 cm³/mol. The molecule has 3 heteroatoms. The molecule has 1 aromatic heterocycles. The number of rotatable bonds is 3.